The molecular formula is C18H28N2O3. The van der Waals surface area contributed by atoms with Gasteiger partial charge >= 0.3 is 0 Å². The number of likely N-dealkylation sites (tertiary alicyclic amines) is 1. The van der Waals surface area contributed by atoms with Gasteiger partial charge in [0.05, 0.1) is 19.3 Å². The van der Waals surface area contributed by atoms with E-state index in [9.17, 15) is 9.90 Å². The quantitative estimate of drug-likeness (QED) is 0.839. The van der Waals surface area contributed by atoms with Crippen molar-refractivity contribution in [1.29, 1.82) is 0 Å². The number of hydrogen-bond acceptors (Lipinski definition) is 4. The highest BCUT2D eigenvalue weighted by atomic mass is 16.5. The molecule has 128 valence electrons. The number of nitrogens with one attached hydrogen (secondary N) is 1. The molecule has 1 aromatic rings. The molecule has 0 aromatic heterocycles. The number of ether oxygens (including phenoxy) is 1. The summed E-state index contributed by atoms with van der Waals surface area (Å²) in [5.41, 5.74) is 0.630. The molecule has 0 atom stereocenters. The van der Waals surface area contributed by atoms with Crippen LogP contribution in [0.15, 0.2) is 24.3 Å². The lowest BCUT2D eigenvalue weighted by atomic mass is 9.94. The summed E-state index contributed by atoms with van der Waals surface area (Å²) in [5, 5.41) is 12.2. The van der Waals surface area contributed by atoms with Crippen LogP contribution in [0.4, 0.5) is 0 Å². The third kappa shape index (κ3) is 4.94. The molecule has 0 spiro atoms. The molecule has 0 aliphatic carbocycles. The first-order valence-corrected chi connectivity index (χ1v) is 8.22. The second-order valence-electron chi connectivity index (χ2n) is 6.89. The molecule has 2 rings (SSSR count). The summed E-state index contributed by atoms with van der Waals surface area (Å²) in [6.45, 7) is 6.26. The molecule has 1 aliphatic rings. The van der Waals surface area contributed by atoms with Gasteiger partial charge in [-0.3, -0.25) is 9.69 Å². The Hall–Kier alpha value is -1.59. The molecule has 0 saturated carbocycles. The van der Waals surface area contributed by atoms with Gasteiger partial charge in [-0.05, 0) is 45.8 Å². The van der Waals surface area contributed by atoms with E-state index in [0.717, 1.165) is 38.2 Å². The van der Waals surface area contributed by atoms with Gasteiger partial charge < -0.3 is 15.2 Å². The van der Waals surface area contributed by atoms with E-state index < -0.39 is 5.54 Å². The van der Waals surface area contributed by atoms with E-state index in [-0.39, 0.29) is 18.4 Å². The van der Waals surface area contributed by atoms with E-state index in [1.54, 1.807) is 7.11 Å². The van der Waals surface area contributed by atoms with E-state index in [4.69, 9.17) is 4.74 Å². The van der Waals surface area contributed by atoms with E-state index in [1.807, 2.05) is 32.0 Å². The SMILES string of the molecule is COc1ccccc1CN1CCC(C(=O)NC(C)(C)CO)CC1. The van der Waals surface area contributed by atoms with Crippen LogP contribution in [-0.2, 0) is 11.3 Å². The average Bonchev–Trinajstić information content (AvgIpc) is 2.55. The number of hydrogen-bond donors (Lipinski definition) is 2. The summed E-state index contributed by atoms with van der Waals surface area (Å²) in [6.07, 6.45) is 1.70. The van der Waals surface area contributed by atoms with Crippen LogP contribution in [0.3, 0.4) is 0 Å². The number of amides is 1. The topological polar surface area (TPSA) is 61.8 Å². The maximum atomic E-state index is 12.3. The van der Waals surface area contributed by atoms with Crippen molar-refractivity contribution in [3.05, 3.63) is 29.8 Å². The molecule has 1 fully saturated rings. The first-order valence-electron chi connectivity index (χ1n) is 8.22. The van der Waals surface area contributed by atoms with Crippen LogP contribution in [0.25, 0.3) is 0 Å². The number of benzene rings is 1. The fourth-order valence-electron chi connectivity index (χ4n) is 2.90. The van der Waals surface area contributed by atoms with E-state index in [2.05, 4.69) is 16.3 Å². The third-order valence-corrected chi connectivity index (χ3v) is 4.40. The lowest BCUT2D eigenvalue weighted by Crippen LogP contribution is -2.50. The van der Waals surface area contributed by atoms with Crippen molar-refractivity contribution in [1.82, 2.24) is 10.2 Å². The van der Waals surface area contributed by atoms with Crippen LogP contribution in [-0.4, -0.2) is 48.3 Å². The smallest absolute Gasteiger partial charge is 0.223 e. The molecule has 1 aliphatic heterocycles. The van der Waals surface area contributed by atoms with E-state index >= 15 is 0 Å². The molecule has 2 N–H and O–H groups in total. The van der Waals surface area contributed by atoms with Crippen LogP contribution in [0.1, 0.15) is 32.3 Å². The molecule has 5 nitrogen and oxygen atoms in total. The summed E-state index contributed by atoms with van der Waals surface area (Å²) >= 11 is 0. The fraction of sp³-hybridized carbons (Fsp3) is 0.611. The molecule has 0 unspecified atom stereocenters. The maximum Gasteiger partial charge on any atom is 0.223 e. The number of aliphatic hydroxyl groups excluding tert-OH is 1. The van der Waals surface area contributed by atoms with Gasteiger partial charge in [-0.15, -0.1) is 0 Å². The van der Waals surface area contributed by atoms with Crippen LogP contribution in [0, 0.1) is 5.92 Å². The van der Waals surface area contributed by atoms with Crippen molar-refractivity contribution in [2.24, 2.45) is 5.92 Å². The van der Waals surface area contributed by atoms with Crippen molar-refractivity contribution in [3.63, 3.8) is 0 Å². The summed E-state index contributed by atoms with van der Waals surface area (Å²) in [4.78, 5) is 14.6. The first kappa shape index (κ1) is 17.8. The number of methoxy groups -OCH3 is 1. The van der Waals surface area contributed by atoms with Crippen LogP contribution < -0.4 is 10.1 Å². The Labute approximate surface area is 138 Å². The third-order valence-electron chi connectivity index (χ3n) is 4.40. The largest absolute Gasteiger partial charge is 0.496 e. The second-order valence-corrected chi connectivity index (χ2v) is 6.89. The molecule has 1 heterocycles. The Morgan fingerprint density at radius 2 is 2.00 bits per heavy atom. The Balaban J connectivity index is 1.85. The number of carbonyl (C=O) groups is 1. The van der Waals surface area contributed by atoms with Crippen molar-refractivity contribution in [2.75, 3.05) is 26.8 Å². The van der Waals surface area contributed by atoms with E-state index in [1.165, 1.54) is 5.56 Å². The summed E-state index contributed by atoms with van der Waals surface area (Å²) in [5.74, 6) is 1.01. The zero-order valence-corrected chi connectivity index (χ0v) is 14.3. The molecule has 1 aromatic carbocycles. The molecule has 5 heteroatoms. The van der Waals surface area contributed by atoms with Crippen molar-refractivity contribution in [3.8, 4) is 5.75 Å². The predicted octanol–water partition coefficient (Wildman–Crippen LogP) is 1.79. The molecule has 23 heavy (non-hydrogen) atoms. The number of carbonyl (C=O) groups excluding carboxylic acids is 1. The fourth-order valence-corrected chi connectivity index (χ4v) is 2.90. The Bertz CT molecular complexity index is 523. The molecule has 0 bridgehead atoms. The lowest BCUT2D eigenvalue weighted by Gasteiger charge is -2.33. The number of nitrogens with zero attached hydrogens (tertiary/aromatic N) is 1. The highest BCUT2D eigenvalue weighted by molar-refractivity contribution is 5.79. The van der Waals surface area contributed by atoms with E-state index in [0.29, 0.717) is 0 Å². The van der Waals surface area contributed by atoms with Gasteiger partial charge in [-0.1, -0.05) is 18.2 Å². The number of piperidine rings is 1. The van der Waals surface area contributed by atoms with Gasteiger partial charge in [0.25, 0.3) is 0 Å². The predicted molar refractivity (Wildman–Crippen MR) is 90.3 cm³/mol. The molecular weight excluding hydrogens is 292 g/mol. The van der Waals surface area contributed by atoms with Crippen LogP contribution in [0.5, 0.6) is 5.75 Å². The highest BCUT2D eigenvalue weighted by Crippen LogP contribution is 2.23. The van der Waals surface area contributed by atoms with Crippen molar-refractivity contribution >= 4 is 5.91 Å². The number of para-hydroxylation sites is 1. The van der Waals surface area contributed by atoms with Gasteiger partial charge in [-0.25, -0.2) is 0 Å². The molecule has 1 saturated heterocycles. The second kappa shape index (κ2) is 7.79. The van der Waals surface area contributed by atoms with Gasteiger partial charge in [0.15, 0.2) is 0 Å². The summed E-state index contributed by atoms with van der Waals surface area (Å²) in [7, 11) is 1.69. The lowest BCUT2D eigenvalue weighted by molar-refractivity contribution is -0.128. The minimum absolute atomic E-state index is 0.0368. The monoisotopic (exact) mass is 320 g/mol. The van der Waals surface area contributed by atoms with Crippen LogP contribution in [0.2, 0.25) is 0 Å². The molecule has 0 radical (unpaired) electrons. The molecule has 1 amide bonds. The summed E-state index contributed by atoms with van der Waals surface area (Å²) < 4.78 is 5.40. The average molecular weight is 320 g/mol. The van der Waals surface area contributed by atoms with Gasteiger partial charge in [0, 0.05) is 18.0 Å². The minimum Gasteiger partial charge on any atom is -0.496 e. The summed E-state index contributed by atoms with van der Waals surface area (Å²) in [6, 6.07) is 8.06. The Kier molecular flexibility index (Phi) is 6.02. The normalized spacial score (nSPS) is 17.0. The number of aliphatic hydroxyl groups is 1. The zero-order valence-electron chi connectivity index (χ0n) is 14.3. The van der Waals surface area contributed by atoms with Gasteiger partial charge in [0.1, 0.15) is 5.75 Å². The standard InChI is InChI=1S/C18H28N2O3/c1-18(2,13-21)19-17(22)14-8-10-20(11-9-14)12-15-6-4-5-7-16(15)23-3/h4-7,14,21H,8-13H2,1-3H3,(H,19,22). The first-order chi connectivity index (χ1) is 10.9. The minimum atomic E-state index is -0.550. The Morgan fingerprint density at radius 3 is 2.61 bits per heavy atom. The Morgan fingerprint density at radius 1 is 1.35 bits per heavy atom. The van der Waals surface area contributed by atoms with Crippen molar-refractivity contribution in [2.45, 2.75) is 38.8 Å². The highest BCUT2D eigenvalue weighted by Gasteiger charge is 2.28. The van der Waals surface area contributed by atoms with Gasteiger partial charge in [0.2, 0.25) is 5.91 Å². The zero-order chi connectivity index (χ0) is 16.9. The van der Waals surface area contributed by atoms with Gasteiger partial charge in [-0.2, -0.15) is 0 Å². The van der Waals surface area contributed by atoms with Crippen molar-refractivity contribution < 1.29 is 14.6 Å². The maximum absolute atomic E-state index is 12.3. The van der Waals surface area contributed by atoms with Crippen LogP contribution >= 0.6 is 0 Å². The number of rotatable bonds is 6.